The molecule has 0 saturated carbocycles. The number of ether oxygens (including phenoxy) is 4. The van der Waals surface area contributed by atoms with Crippen LogP contribution in [0.25, 0.3) is 34.3 Å². The van der Waals surface area contributed by atoms with Gasteiger partial charge in [0.15, 0.2) is 16.3 Å². The van der Waals surface area contributed by atoms with Crippen LogP contribution in [0.15, 0.2) is 130 Å². The number of carbonyl (C=O) groups is 2. The Bertz CT molecular complexity index is 2660. The second kappa shape index (κ2) is 16.7. The molecule has 4 aromatic carbocycles. The zero-order valence-corrected chi connectivity index (χ0v) is 33.5. The molecule has 290 valence electrons. The molecule has 7 rings (SSSR count). The first-order valence-corrected chi connectivity index (χ1v) is 19.6. The molecule has 2 aromatic heterocycles. The lowest BCUT2D eigenvalue weighted by molar-refractivity contribution is -0.139. The van der Waals surface area contributed by atoms with Gasteiger partial charge in [0.2, 0.25) is 0 Å². The number of nitrogens with zero attached hydrogens (tertiary/aromatic N) is 3. The number of thiazole rings is 1. The lowest BCUT2D eigenvalue weighted by atomic mass is 9.95. The van der Waals surface area contributed by atoms with Gasteiger partial charge in [-0.25, -0.2) is 14.6 Å². The third-order valence-electron chi connectivity index (χ3n) is 9.45. The molecular formula is C46H43N3O7S. The van der Waals surface area contributed by atoms with Crippen LogP contribution in [0.1, 0.15) is 62.1 Å². The molecule has 57 heavy (non-hydrogen) atoms. The van der Waals surface area contributed by atoms with E-state index in [0.717, 1.165) is 33.8 Å². The number of methoxy groups -OCH3 is 1. The third kappa shape index (κ3) is 7.71. The van der Waals surface area contributed by atoms with Gasteiger partial charge in [0.05, 0.1) is 65.2 Å². The highest BCUT2D eigenvalue weighted by Gasteiger charge is 2.34. The minimum atomic E-state index is -0.847. The normalized spacial score (nSPS) is 13.9. The molecule has 0 radical (unpaired) electrons. The van der Waals surface area contributed by atoms with Crippen molar-refractivity contribution in [3.63, 3.8) is 0 Å². The topological polar surface area (TPSA) is 110 Å². The molecule has 0 N–H and O–H groups in total. The van der Waals surface area contributed by atoms with Crippen LogP contribution in [-0.4, -0.2) is 47.5 Å². The molecule has 0 aliphatic carbocycles. The molecule has 0 bridgehead atoms. The largest absolute Gasteiger partial charge is 0.493 e. The van der Waals surface area contributed by atoms with Gasteiger partial charge >= 0.3 is 11.9 Å². The van der Waals surface area contributed by atoms with Gasteiger partial charge in [0.25, 0.3) is 5.56 Å². The monoisotopic (exact) mass is 781 g/mol. The highest BCUT2D eigenvalue weighted by atomic mass is 32.1. The average Bonchev–Trinajstić information content (AvgIpc) is 3.74. The van der Waals surface area contributed by atoms with E-state index in [1.165, 1.54) is 11.3 Å². The zero-order valence-electron chi connectivity index (χ0n) is 32.6. The van der Waals surface area contributed by atoms with Gasteiger partial charge in [-0.2, -0.15) is 0 Å². The number of hydrogen-bond acceptors (Lipinski definition) is 9. The minimum absolute atomic E-state index is 0.0957. The third-order valence-corrected chi connectivity index (χ3v) is 10.4. The SMILES string of the molecule is CCOC(=O)C1=C(C)N=c2s/c(=C/c3cc(-c4ccccc4)n(-c4ccc(C(=O)OCC)cc4)c3-c3ccccc3)c(=O)n2[C@@H]1c1ccc(OC(C)C)c(OC)c1. The van der Waals surface area contributed by atoms with Crippen molar-refractivity contribution in [1.29, 1.82) is 0 Å². The van der Waals surface area contributed by atoms with E-state index in [1.54, 1.807) is 56.7 Å². The summed E-state index contributed by atoms with van der Waals surface area (Å²) < 4.78 is 26.6. The van der Waals surface area contributed by atoms with E-state index in [9.17, 15) is 14.4 Å². The summed E-state index contributed by atoms with van der Waals surface area (Å²) in [5.41, 5.74) is 6.70. The van der Waals surface area contributed by atoms with Gasteiger partial charge in [-0.05, 0) is 99.8 Å². The van der Waals surface area contributed by atoms with Crippen molar-refractivity contribution in [2.45, 2.75) is 46.8 Å². The van der Waals surface area contributed by atoms with Crippen molar-refractivity contribution in [3.8, 4) is 39.7 Å². The van der Waals surface area contributed by atoms with E-state index in [1.807, 2.05) is 98.8 Å². The summed E-state index contributed by atoms with van der Waals surface area (Å²) in [6.45, 7) is 9.58. The first-order valence-electron chi connectivity index (χ1n) is 18.8. The molecule has 0 fully saturated rings. The van der Waals surface area contributed by atoms with Crippen LogP contribution < -0.4 is 24.4 Å². The Balaban J connectivity index is 1.47. The Morgan fingerprint density at radius 2 is 1.47 bits per heavy atom. The number of esters is 2. The fourth-order valence-electron chi connectivity index (χ4n) is 7.04. The fourth-order valence-corrected chi connectivity index (χ4v) is 8.07. The van der Waals surface area contributed by atoms with E-state index in [-0.39, 0.29) is 30.5 Å². The number of benzene rings is 4. The highest BCUT2D eigenvalue weighted by Crippen LogP contribution is 2.38. The summed E-state index contributed by atoms with van der Waals surface area (Å²) in [5, 5.41) is 0. The molecule has 1 atom stereocenters. The van der Waals surface area contributed by atoms with Gasteiger partial charge in [-0.3, -0.25) is 9.36 Å². The molecule has 10 nitrogen and oxygen atoms in total. The van der Waals surface area contributed by atoms with Gasteiger partial charge in [-0.15, -0.1) is 0 Å². The maximum absolute atomic E-state index is 14.8. The van der Waals surface area contributed by atoms with E-state index >= 15 is 0 Å². The second-order valence-electron chi connectivity index (χ2n) is 13.5. The van der Waals surface area contributed by atoms with Gasteiger partial charge in [0, 0.05) is 11.3 Å². The summed E-state index contributed by atoms with van der Waals surface area (Å²) in [6, 6.07) is 33.9. The van der Waals surface area contributed by atoms with Gasteiger partial charge in [0.1, 0.15) is 0 Å². The van der Waals surface area contributed by atoms with Crippen molar-refractivity contribution in [2.24, 2.45) is 4.99 Å². The number of allylic oxidation sites excluding steroid dienone is 1. The van der Waals surface area contributed by atoms with E-state index in [2.05, 4.69) is 10.6 Å². The Morgan fingerprint density at radius 3 is 2.11 bits per heavy atom. The average molecular weight is 782 g/mol. The summed E-state index contributed by atoms with van der Waals surface area (Å²) >= 11 is 1.25. The molecule has 1 aliphatic rings. The maximum atomic E-state index is 14.8. The number of fused-ring (bicyclic) bond motifs is 1. The van der Waals surface area contributed by atoms with Crippen LogP contribution in [0.2, 0.25) is 0 Å². The van der Waals surface area contributed by atoms with E-state index < -0.39 is 18.0 Å². The quantitative estimate of drug-likeness (QED) is 0.116. The predicted octanol–water partition coefficient (Wildman–Crippen LogP) is 7.90. The Morgan fingerprint density at radius 1 is 0.825 bits per heavy atom. The Labute approximate surface area is 334 Å². The van der Waals surface area contributed by atoms with Crippen LogP contribution in [0, 0.1) is 0 Å². The van der Waals surface area contributed by atoms with Crippen LogP contribution in [-0.2, 0) is 14.3 Å². The van der Waals surface area contributed by atoms with E-state index in [0.29, 0.717) is 37.7 Å². The molecule has 11 heteroatoms. The van der Waals surface area contributed by atoms with Crippen molar-refractivity contribution in [1.82, 2.24) is 9.13 Å². The van der Waals surface area contributed by atoms with Crippen LogP contribution in [0.5, 0.6) is 11.5 Å². The highest BCUT2D eigenvalue weighted by molar-refractivity contribution is 7.07. The smallest absolute Gasteiger partial charge is 0.338 e. The lowest BCUT2D eigenvalue weighted by Gasteiger charge is -2.25. The first-order chi connectivity index (χ1) is 27.6. The summed E-state index contributed by atoms with van der Waals surface area (Å²) in [4.78, 5) is 46.3. The second-order valence-corrected chi connectivity index (χ2v) is 14.6. The van der Waals surface area contributed by atoms with E-state index in [4.69, 9.17) is 23.9 Å². The molecule has 0 saturated heterocycles. The molecule has 0 spiro atoms. The molecule has 0 unspecified atom stereocenters. The molecular weight excluding hydrogens is 739 g/mol. The number of rotatable bonds is 12. The Hall–Kier alpha value is -6.46. The summed E-state index contributed by atoms with van der Waals surface area (Å²) in [5.74, 6) is 0.0741. The predicted molar refractivity (Wildman–Crippen MR) is 222 cm³/mol. The fraction of sp³-hybridized carbons (Fsp3) is 0.217. The van der Waals surface area contributed by atoms with Crippen LogP contribution in [0.3, 0.4) is 0 Å². The van der Waals surface area contributed by atoms with Crippen LogP contribution in [0.4, 0.5) is 0 Å². The Kier molecular flexibility index (Phi) is 11.4. The number of aromatic nitrogens is 2. The molecule has 1 aliphatic heterocycles. The standard InChI is InChI=1S/C46H43N3O7S/c1-7-54-44(51)32-19-22-35(23-20-32)48-36(30-15-11-9-12-16-30)25-34(41(48)31-17-13-10-14-18-31)27-39-43(50)49-42(33-21-24-37(56-28(3)4)38(26-33)53-6)40(45(52)55-8-2)29(5)47-46(49)57-39/h9-28,42H,7-8H2,1-6H3/b39-27+/t42-/m1/s1. The van der Waals surface area contributed by atoms with Gasteiger partial charge in [-0.1, -0.05) is 78.1 Å². The van der Waals surface area contributed by atoms with Crippen LogP contribution >= 0.6 is 11.3 Å². The minimum Gasteiger partial charge on any atom is -0.493 e. The van der Waals surface area contributed by atoms with Crippen molar-refractivity contribution in [3.05, 3.63) is 157 Å². The zero-order chi connectivity index (χ0) is 40.2. The summed E-state index contributed by atoms with van der Waals surface area (Å²) in [7, 11) is 1.56. The van der Waals surface area contributed by atoms with Gasteiger partial charge < -0.3 is 23.5 Å². The molecule has 0 amide bonds. The number of hydrogen-bond donors (Lipinski definition) is 0. The van der Waals surface area contributed by atoms with Crippen molar-refractivity contribution < 1.29 is 28.5 Å². The van der Waals surface area contributed by atoms with Crippen molar-refractivity contribution in [2.75, 3.05) is 20.3 Å². The molecule has 6 aromatic rings. The summed E-state index contributed by atoms with van der Waals surface area (Å²) in [6.07, 6.45) is 1.80. The molecule has 3 heterocycles. The maximum Gasteiger partial charge on any atom is 0.338 e. The first kappa shape index (κ1) is 38.8. The van der Waals surface area contributed by atoms with Crippen molar-refractivity contribution >= 4 is 29.4 Å². The lowest BCUT2D eigenvalue weighted by Crippen LogP contribution is -2.40. The number of carbonyl (C=O) groups excluding carboxylic acids is 2.